The lowest BCUT2D eigenvalue weighted by Gasteiger charge is -2.10. The molecule has 1 aromatic carbocycles. The molecule has 2 aromatic rings. The van der Waals surface area contributed by atoms with Crippen molar-refractivity contribution in [1.82, 2.24) is 5.32 Å². The van der Waals surface area contributed by atoms with E-state index in [-0.39, 0.29) is 12.3 Å². The second-order valence-corrected chi connectivity index (χ2v) is 4.99. The highest BCUT2D eigenvalue weighted by Crippen LogP contribution is 2.22. The van der Waals surface area contributed by atoms with Gasteiger partial charge in [-0.1, -0.05) is 31.2 Å². The number of carboxylic acids is 1. The van der Waals surface area contributed by atoms with Crippen LogP contribution in [0.3, 0.4) is 0 Å². The monoisotopic (exact) mass is 317 g/mol. The van der Waals surface area contributed by atoms with Crippen LogP contribution in [0.4, 0.5) is 0 Å². The summed E-state index contributed by atoms with van der Waals surface area (Å²) in [6.07, 6.45) is -0.133. The molecule has 0 saturated heterocycles. The molecule has 2 N–H and O–H groups in total. The smallest absolute Gasteiger partial charge is 0.334 e. The summed E-state index contributed by atoms with van der Waals surface area (Å²) >= 11 is 0. The van der Waals surface area contributed by atoms with Gasteiger partial charge in [0.25, 0.3) is 5.91 Å². The number of hydrogen-bond donors (Lipinski definition) is 2. The minimum absolute atomic E-state index is 0.125. The molecule has 0 aliphatic heterocycles. The fourth-order valence-electron chi connectivity index (χ4n) is 2.06. The summed E-state index contributed by atoms with van der Waals surface area (Å²) in [5.41, 5.74) is 2.10. The van der Waals surface area contributed by atoms with Crippen molar-refractivity contribution >= 4 is 11.9 Å². The summed E-state index contributed by atoms with van der Waals surface area (Å²) in [5.74, 6) is -0.909. The molecular weight excluding hydrogens is 298 g/mol. The third kappa shape index (κ3) is 4.20. The fraction of sp³-hybridized carbons (Fsp3) is 0.294. The van der Waals surface area contributed by atoms with E-state index in [9.17, 15) is 9.59 Å². The van der Waals surface area contributed by atoms with Crippen LogP contribution in [0.25, 0.3) is 11.3 Å². The van der Waals surface area contributed by atoms with Gasteiger partial charge >= 0.3 is 5.97 Å². The Labute approximate surface area is 134 Å². The van der Waals surface area contributed by atoms with Gasteiger partial charge in [0, 0.05) is 12.7 Å². The van der Waals surface area contributed by atoms with E-state index in [4.69, 9.17) is 14.3 Å². The molecule has 0 aliphatic carbocycles. The molecule has 1 heterocycles. The van der Waals surface area contributed by atoms with Gasteiger partial charge in [0.15, 0.2) is 11.9 Å². The highest BCUT2D eigenvalue weighted by atomic mass is 16.5. The molecule has 122 valence electrons. The molecule has 0 radical (unpaired) electrons. The summed E-state index contributed by atoms with van der Waals surface area (Å²) in [6, 6.07) is 11.2. The van der Waals surface area contributed by atoms with Gasteiger partial charge in [-0.15, -0.1) is 0 Å². The maximum atomic E-state index is 12.0. The van der Waals surface area contributed by atoms with E-state index in [1.807, 2.05) is 24.3 Å². The summed E-state index contributed by atoms with van der Waals surface area (Å²) in [4.78, 5) is 22.8. The van der Waals surface area contributed by atoms with Crippen LogP contribution in [0.5, 0.6) is 0 Å². The molecule has 2 rings (SSSR count). The van der Waals surface area contributed by atoms with Crippen molar-refractivity contribution in [2.24, 2.45) is 0 Å². The van der Waals surface area contributed by atoms with Crippen molar-refractivity contribution in [3.8, 4) is 11.3 Å². The number of carboxylic acid groups (broad SMARTS) is 1. The van der Waals surface area contributed by atoms with Gasteiger partial charge in [0.1, 0.15) is 5.76 Å². The van der Waals surface area contributed by atoms with Crippen LogP contribution in [0.1, 0.15) is 23.0 Å². The predicted octanol–water partition coefficient (Wildman–Crippen LogP) is 2.34. The van der Waals surface area contributed by atoms with Gasteiger partial charge < -0.3 is 19.6 Å². The topological polar surface area (TPSA) is 88.8 Å². The molecule has 0 saturated carbocycles. The molecule has 0 fully saturated rings. The maximum absolute atomic E-state index is 12.0. The van der Waals surface area contributed by atoms with Gasteiger partial charge in [-0.3, -0.25) is 4.79 Å². The quantitative estimate of drug-likeness (QED) is 0.818. The molecule has 6 nitrogen and oxygen atoms in total. The van der Waals surface area contributed by atoms with Gasteiger partial charge in [-0.25, -0.2) is 4.79 Å². The average molecular weight is 317 g/mol. The Hall–Kier alpha value is -2.60. The lowest BCUT2D eigenvalue weighted by molar-refractivity contribution is -0.148. The molecule has 0 spiro atoms. The van der Waals surface area contributed by atoms with E-state index in [0.29, 0.717) is 5.76 Å². The Morgan fingerprint density at radius 1 is 1.22 bits per heavy atom. The molecule has 1 atom stereocenters. The number of amides is 1. The first kappa shape index (κ1) is 16.8. The zero-order valence-corrected chi connectivity index (χ0v) is 13.0. The number of aliphatic carboxylic acids is 1. The minimum atomic E-state index is -1.14. The first-order valence-electron chi connectivity index (χ1n) is 7.28. The lowest BCUT2D eigenvalue weighted by Crippen LogP contribution is -2.37. The zero-order valence-electron chi connectivity index (χ0n) is 13.0. The largest absolute Gasteiger partial charge is 0.479 e. The Bertz CT molecular complexity index is 675. The molecule has 1 unspecified atom stereocenters. The molecule has 0 bridgehead atoms. The molecule has 23 heavy (non-hydrogen) atoms. The molecule has 0 aliphatic rings. The third-order valence-corrected chi connectivity index (χ3v) is 3.48. The maximum Gasteiger partial charge on any atom is 0.334 e. The van der Waals surface area contributed by atoms with Gasteiger partial charge in [0.05, 0.1) is 6.54 Å². The molecule has 1 amide bonds. The first-order valence-corrected chi connectivity index (χ1v) is 7.28. The number of hydrogen-bond acceptors (Lipinski definition) is 4. The molecule has 1 aromatic heterocycles. The highest BCUT2D eigenvalue weighted by Gasteiger charge is 2.19. The number of methoxy groups -OCH3 is 1. The van der Waals surface area contributed by atoms with Crippen LogP contribution in [0.2, 0.25) is 0 Å². The number of benzene rings is 1. The van der Waals surface area contributed by atoms with Crippen molar-refractivity contribution in [2.75, 3.05) is 13.7 Å². The van der Waals surface area contributed by atoms with Crippen LogP contribution >= 0.6 is 0 Å². The van der Waals surface area contributed by atoms with Crippen molar-refractivity contribution in [2.45, 2.75) is 19.4 Å². The van der Waals surface area contributed by atoms with Crippen LogP contribution < -0.4 is 5.32 Å². The summed E-state index contributed by atoms with van der Waals surface area (Å²) in [7, 11) is 1.27. The standard InChI is InChI=1S/C17H19NO5/c1-3-11-4-6-12(7-5-11)13-8-9-14(23-13)16(19)18-10-15(22-2)17(20)21/h4-9,15H,3,10H2,1-2H3,(H,18,19)(H,20,21). The van der Waals surface area contributed by atoms with Crippen LogP contribution in [0.15, 0.2) is 40.8 Å². The van der Waals surface area contributed by atoms with E-state index in [0.717, 1.165) is 12.0 Å². The van der Waals surface area contributed by atoms with Crippen molar-refractivity contribution in [3.63, 3.8) is 0 Å². The molecular formula is C17H19NO5. The number of carbonyl (C=O) groups excluding carboxylic acids is 1. The lowest BCUT2D eigenvalue weighted by atomic mass is 10.1. The Morgan fingerprint density at radius 3 is 2.48 bits per heavy atom. The normalized spacial score (nSPS) is 11.9. The SMILES string of the molecule is CCc1ccc(-c2ccc(C(=O)NCC(OC)C(=O)O)o2)cc1. The minimum Gasteiger partial charge on any atom is -0.479 e. The van der Waals surface area contributed by atoms with Crippen molar-refractivity contribution in [3.05, 3.63) is 47.7 Å². The number of aryl methyl sites for hydroxylation is 1. The Kier molecular flexibility index (Phi) is 5.54. The first-order chi connectivity index (χ1) is 11.0. The van der Waals surface area contributed by atoms with Gasteiger partial charge in [0.2, 0.25) is 0 Å². The van der Waals surface area contributed by atoms with Gasteiger partial charge in [-0.2, -0.15) is 0 Å². The van der Waals surface area contributed by atoms with E-state index < -0.39 is 18.0 Å². The fourth-order valence-corrected chi connectivity index (χ4v) is 2.06. The second kappa shape index (κ2) is 7.60. The number of nitrogens with one attached hydrogen (secondary N) is 1. The van der Waals surface area contributed by atoms with Crippen molar-refractivity contribution < 1.29 is 23.8 Å². The Balaban J connectivity index is 2.03. The predicted molar refractivity (Wildman–Crippen MR) is 84.3 cm³/mol. The van der Waals surface area contributed by atoms with Crippen LogP contribution in [-0.2, 0) is 16.0 Å². The summed E-state index contributed by atoms with van der Waals surface area (Å²) in [6.45, 7) is 1.95. The zero-order chi connectivity index (χ0) is 16.8. The number of rotatable bonds is 7. The highest BCUT2D eigenvalue weighted by molar-refractivity contribution is 5.92. The van der Waals surface area contributed by atoms with E-state index >= 15 is 0 Å². The third-order valence-electron chi connectivity index (χ3n) is 3.48. The Morgan fingerprint density at radius 2 is 1.91 bits per heavy atom. The van der Waals surface area contributed by atoms with E-state index in [1.54, 1.807) is 12.1 Å². The number of ether oxygens (including phenoxy) is 1. The van der Waals surface area contributed by atoms with Crippen LogP contribution in [0, 0.1) is 0 Å². The van der Waals surface area contributed by atoms with E-state index in [2.05, 4.69) is 12.2 Å². The van der Waals surface area contributed by atoms with Crippen LogP contribution in [-0.4, -0.2) is 36.7 Å². The number of carbonyl (C=O) groups is 2. The molecule has 6 heteroatoms. The van der Waals surface area contributed by atoms with Crippen molar-refractivity contribution in [1.29, 1.82) is 0 Å². The van der Waals surface area contributed by atoms with E-state index in [1.165, 1.54) is 12.7 Å². The average Bonchev–Trinajstić information content (AvgIpc) is 3.05. The van der Waals surface area contributed by atoms with Gasteiger partial charge in [-0.05, 0) is 24.1 Å². The summed E-state index contributed by atoms with van der Waals surface area (Å²) < 4.78 is 10.3. The summed E-state index contributed by atoms with van der Waals surface area (Å²) in [5, 5.41) is 11.3. The second-order valence-electron chi connectivity index (χ2n) is 4.99. The number of furan rings is 1.